The van der Waals surface area contributed by atoms with Gasteiger partial charge in [-0.05, 0) is 32.9 Å². The minimum atomic E-state index is -0.509. The molecule has 0 bridgehead atoms. The van der Waals surface area contributed by atoms with Crippen LogP contribution in [-0.4, -0.2) is 45.0 Å². The van der Waals surface area contributed by atoms with Gasteiger partial charge < -0.3 is 14.0 Å². The van der Waals surface area contributed by atoms with Crippen LogP contribution < -0.4 is 4.74 Å². The van der Waals surface area contributed by atoms with Crippen LogP contribution in [0.25, 0.3) is 11.4 Å². The molecule has 3 rings (SSSR count). The van der Waals surface area contributed by atoms with Crippen molar-refractivity contribution in [3.8, 4) is 17.1 Å². The molecule has 0 saturated heterocycles. The molecule has 0 fully saturated rings. The second-order valence-electron chi connectivity index (χ2n) is 6.69. The van der Waals surface area contributed by atoms with Gasteiger partial charge >= 0.3 is 6.09 Å². The number of nitrogens with zero attached hydrogens (tertiary/aromatic N) is 4. The van der Waals surface area contributed by atoms with Crippen LogP contribution in [-0.2, 0) is 17.8 Å². The molecule has 1 aliphatic heterocycles. The van der Waals surface area contributed by atoms with Crippen molar-refractivity contribution in [3.05, 3.63) is 30.1 Å². The molecule has 1 aromatic carbocycles. The molecule has 0 saturated carbocycles. The summed E-state index contributed by atoms with van der Waals surface area (Å²) in [4.78, 5) is 13.9. The molecule has 0 unspecified atom stereocenters. The number of benzene rings is 1. The predicted molar refractivity (Wildman–Crippen MR) is 88.7 cm³/mol. The maximum absolute atomic E-state index is 12.2. The second-order valence-corrected chi connectivity index (χ2v) is 6.69. The van der Waals surface area contributed by atoms with Crippen LogP contribution in [0.3, 0.4) is 0 Å². The Balaban J connectivity index is 1.83. The molecule has 0 spiro atoms. The topological polar surface area (TPSA) is 69.5 Å². The first kappa shape index (κ1) is 16.3. The molecular weight excluding hydrogens is 308 g/mol. The highest BCUT2D eigenvalue weighted by Gasteiger charge is 2.28. The number of carbonyl (C=O) groups is 1. The van der Waals surface area contributed by atoms with Crippen molar-refractivity contribution in [3.63, 3.8) is 0 Å². The molecule has 128 valence electrons. The average molecular weight is 330 g/mol. The molecule has 0 radical (unpaired) electrons. The van der Waals surface area contributed by atoms with Crippen LogP contribution >= 0.6 is 0 Å². The highest BCUT2D eigenvalue weighted by molar-refractivity contribution is 5.68. The largest absolute Gasteiger partial charge is 0.496 e. The molecule has 0 atom stereocenters. The number of fused-ring (bicyclic) bond motifs is 1. The standard InChI is InChI=1S/C17H22N4O3/c1-17(2,3)24-16(22)20-9-10-21-14(11-20)18-19-15(21)12-7-5-6-8-13(12)23-4/h5-8H,9-11H2,1-4H3. The number of para-hydroxylation sites is 1. The number of ether oxygens (including phenoxy) is 2. The van der Waals surface area contributed by atoms with Crippen molar-refractivity contribution < 1.29 is 14.3 Å². The van der Waals surface area contributed by atoms with E-state index in [1.165, 1.54) is 0 Å². The number of aromatic nitrogens is 3. The van der Waals surface area contributed by atoms with Gasteiger partial charge in [0.25, 0.3) is 0 Å². The summed E-state index contributed by atoms with van der Waals surface area (Å²) in [6, 6.07) is 7.71. The number of amides is 1. The maximum atomic E-state index is 12.2. The second kappa shape index (κ2) is 6.14. The van der Waals surface area contributed by atoms with E-state index in [1.54, 1.807) is 12.0 Å². The summed E-state index contributed by atoms with van der Waals surface area (Å²) in [5.41, 5.74) is 0.384. The molecule has 24 heavy (non-hydrogen) atoms. The van der Waals surface area contributed by atoms with Crippen LogP contribution in [0.5, 0.6) is 5.75 Å². The number of hydrogen-bond donors (Lipinski definition) is 0. The SMILES string of the molecule is COc1ccccc1-c1nnc2n1CCN(C(=O)OC(C)(C)C)C2. The summed E-state index contributed by atoms with van der Waals surface area (Å²) < 4.78 is 12.9. The Hall–Kier alpha value is -2.57. The number of methoxy groups -OCH3 is 1. The smallest absolute Gasteiger partial charge is 0.410 e. The number of rotatable bonds is 2. The van der Waals surface area contributed by atoms with Crippen LogP contribution in [0.4, 0.5) is 4.79 Å². The maximum Gasteiger partial charge on any atom is 0.410 e. The molecule has 1 aliphatic rings. The van der Waals surface area contributed by atoms with E-state index < -0.39 is 5.60 Å². The van der Waals surface area contributed by atoms with E-state index in [4.69, 9.17) is 9.47 Å². The van der Waals surface area contributed by atoms with Crippen LogP contribution in [0.15, 0.2) is 24.3 Å². The molecule has 0 aliphatic carbocycles. The fourth-order valence-electron chi connectivity index (χ4n) is 2.67. The van der Waals surface area contributed by atoms with Crippen LogP contribution in [0.2, 0.25) is 0 Å². The summed E-state index contributed by atoms with van der Waals surface area (Å²) in [6.45, 7) is 7.14. The van der Waals surface area contributed by atoms with Gasteiger partial charge in [0.1, 0.15) is 11.4 Å². The van der Waals surface area contributed by atoms with Crippen molar-refractivity contribution in [1.29, 1.82) is 0 Å². The lowest BCUT2D eigenvalue weighted by atomic mass is 10.2. The van der Waals surface area contributed by atoms with Crippen molar-refractivity contribution >= 4 is 6.09 Å². The van der Waals surface area contributed by atoms with Crippen molar-refractivity contribution in [2.24, 2.45) is 0 Å². The van der Waals surface area contributed by atoms with Gasteiger partial charge in [-0.3, -0.25) is 4.90 Å². The summed E-state index contributed by atoms with van der Waals surface area (Å²) in [7, 11) is 1.64. The summed E-state index contributed by atoms with van der Waals surface area (Å²) in [5, 5.41) is 8.54. The van der Waals surface area contributed by atoms with E-state index in [0.717, 1.165) is 23.0 Å². The molecule has 1 amide bonds. The third kappa shape index (κ3) is 3.20. The molecule has 0 N–H and O–H groups in total. The van der Waals surface area contributed by atoms with Crippen molar-refractivity contribution in [2.75, 3.05) is 13.7 Å². The summed E-state index contributed by atoms with van der Waals surface area (Å²) in [6.07, 6.45) is -0.324. The first-order valence-electron chi connectivity index (χ1n) is 7.92. The monoisotopic (exact) mass is 330 g/mol. The van der Waals surface area contributed by atoms with Crippen molar-refractivity contribution in [2.45, 2.75) is 39.5 Å². The Labute approximate surface area is 141 Å². The normalized spacial score (nSPS) is 14.2. The van der Waals surface area contributed by atoms with E-state index in [9.17, 15) is 4.79 Å². The summed E-state index contributed by atoms with van der Waals surface area (Å²) >= 11 is 0. The zero-order chi connectivity index (χ0) is 17.3. The predicted octanol–water partition coefficient (Wildman–Crippen LogP) is 2.70. The van der Waals surface area contributed by atoms with E-state index in [-0.39, 0.29) is 6.09 Å². The number of carbonyl (C=O) groups excluding carboxylic acids is 1. The Morgan fingerprint density at radius 3 is 2.62 bits per heavy atom. The van der Waals surface area contributed by atoms with E-state index in [0.29, 0.717) is 19.6 Å². The Morgan fingerprint density at radius 1 is 1.17 bits per heavy atom. The zero-order valence-electron chi connectivity index (χ0n) is 14.4. The Bertz CT molecular complexity index is 749. The lowest BCUT2D eigenvalue weighted by molar-refractivity contribution is 0.0196. The zero-order valence-corrected chi connectivity index (χ0v) is 14.4. The van der Waals surface area contributed by atoms with Gasteiger partial charge in [-0.1, -0.05) is 12.1 Å². The van der Waals surface area contributed by atoms with Crippen LogP contribution in [0.1, 0.15) is 26.6 Å². The lowest BCUT2D eigenvalue weighted by Crippen LogP contribution is -2.41. The average Bonchev–Trinajstić information content (AvgIpc) is 2.96. The van der Waals surface area contributed by atoms with Gasteiger partial charge in [-0.15, -0.1) is 10.2 Å². The van der Waals surface area contributed by atoms with Crippen molar-refractivity contribution in [1.82, 2.24) is 19.7 Å². The summed E-state index contributed by atoms with van der Waals surface area (Å²) in [5.74, 6) is 2.25. The minimum absolute atomic E-state index is 0.324. The van der Waals surface area contributed by atoms with Gasteiger partial charge in [-0.2, -0.15) is 0 Å². The highest BCUT2D eigenvalue weighted by atomic mass is 16.6. The molecule has 7 heteroatoms. The third-order valence-electron chi connectivity index (χ3n) is 3.75. The first-order valence-corrected chi connectivity index (χ1v) is 7.92. The molecule has 2 aromatic rings. The van der Waals surface area contributed by atoms with E-state index in [1.807, 2.05) is 49.6 Å². The highest BCUT2D eigenvalue weighted by Crippen LogP contribution is 2.30. The minimum Gasteiger partial charge on any atom is -0.496 e. The number of hydrogen-bond acceptors (Lipinski definition) is 5. The van der Waals surface area contributed by atoms with Gasteiger partial charge in [0, 0.05) is 13.1 Å². The van der Waals surface area contributed by atoms with Gasteiger partial charge in [0.15, 0.2) is 11.6 Å². The van der Waals surface area contributed by atoms with Gasteiger partial charge in [0.05, 0.1) is 19.2 Å². The first-order chi connectivity index (χ1) is 11.4. The fraction of sp³-hybridized carbons (Fsp3) is 0.471. The Kier molecular flexibility index (Phi) is 4.17. The van der Waals surface area contributed by atoms with Gasteiger partial charge in [-0.25, -0.2) is 4.79 Å². The molecule has 2 heterocycles. The third-order valence-corrected chi connectivity index (χ3v) is 3.75. The Morgan fingerprint density at radius 2 is 1.92 bits per heavy atom. The van der Waals surface area contributed by atoms with E-state index >= 15 is 0 Å². The van der Waals surface area contributed by atoms with E-state index in [2.05, 4.69) is 10.2 Å². The lowest BCUT2D eigenvalue weighted by Gasteiger charge is -2.30. The molecule has 1 aromatic heterocycles. The fourth-order valence-corrected chi connectivity index (χ4v) is 2.67. The quantitative estimate of drug-likeness (QED) is 0.847. The molecule has 7 nitrogen and oxygen atoms in total. The molecular formula is C17H22N4O3. The van der Waals surface area contributed by atoms with Crippen LogP contribution in [0, 0.1) is 0 Å². The van der Waals surface area contributed by atoms with Gasteiger partial charge in [0.2, 0.25) is 0 Å².